The van der Waals surface area contributed by atoms with Gasteiger partial charge in [0.25, 0.3) is 0 Å². The van der Waals surface area contributed by atoms with Crippen molar-refractivity contribution >= 4 is 28.2 Å². The van der Waals surface area contributed by atoms with Gasteiger partial charge in [-0.25, -0.2) is 0 Å². The maximum atomic E-state index is 12.2. The molecule has 17 heavy (non-hydrogen) atoms. The number of nitrogens with zero attached hydrogens (tertiary/aromatic N) is 2. The van der Waals surface area contributed by atoms with Gasteiger partial charge in [-0.05, 0) is 13.2 Å². The van der Waals surface area contributed by atoms with Gasteiger partial charge in [-0.15, -0.1) is 10.2 Å². The molecule has 2 N–H and O–H groups in total. The molecular formula is C8H12F3N3OS2. The van der Waals surface area contributed by atoms with Crippen molar-refractivity contribution in [1.82, 2.24) is 10.2 Å². The van der Waals surface area contributed by atoms with Crippen LogP contribution >= 0.6 is 23.1 Å². The topological polar surface area (TPSA) is 58.0 Å². The zero-order valence-corrected chi connectivity index (χ0v) is 10.8. The highest BCUT2D eigenvalue weighted by molar-refractivity contribution is 7.98. The summed E-state index contributed by atoms with van der Waals surface area (Å²) >= 11 is 1.87. The first-order valence-electron chi connectivity index (χ1n) is 4.60. The second-order valence-electron chi connectivity index (χ2n) is 3.69. The molecule has 0 aliphatic heterocycles. The molecule has 0 amide bonds. The fourth-order valence-electron chi connectivity index (χ4n) is 1.04. The minimum Gasteiger partial charge on any atom is -0.387 e. The van der Waals surface area contributed by atoms with Gasteiger partial charge in [-0.1, -0.05) is 11.3 Å². The molecule has 1 aromatic rings. The summed E-state index contributed by atoms with van der Waals surface area (Å²) in [7, 11) is 0. The van der Waals surface area contributed by atoms with Crippen molar-refractivity contribution in [2.45, 2.75) is 18.7 Å². The molecule has 0 saturated carbocycles. The monoisotopic (exact) mass is 287 g/mol. The number of aliphatic hydroxyl groups is 1. The van der Waals surface area contributed by atoms with Crippen molar-refractivity contribution < 1.29 is 18.3 Å². The predicted molar refractivity (Wildman–Crippen MR) is 62.4 cm³/mol. The molecule has 1 atom stereocenters. The van der Waals surface area contributed by atoms with Crippen molar-refractivity contribution in [2.24, 2.45) is 0 Å². The van der Waals surface area contributed by atoms with Gasteiger partial charge < -0.3 is 10.4 Å². The number of nitrogens with one attached hydrogen (secondary N) is 1. The molecule has 0 aromatic carbocycles. The summed E-state index contributed by atoms with van der Waals surface area (Å²) < 4.78 is 36.7. The first-order valence-corrected chi connectivity index (χ1v) is 6.81. The van der Waals surface area contributed by atoms with Crippen molar-refractivity contribution in [3.63, 3.8) is 0 Å². The lowest BCUT2D eigenvalue weighted by molar-refractivity contribution is -0.138. The normalized spacial score (nSPS) is 15.6. The van der Waals surface area contributed by atoms with Gasteiger partial charge >= 0.3 is 6.18 Å². The lowest BCUT2D eigenvalue weighted by Gasteiger charge is -2.21. The molecule has 1 unspecified atom stereocenters. The van der Waals surface area contributed by atoms with E-state index in [0.717, 1.165) is 0 Å². The van der Waals surface area contributed by atoms with E-state index >= 15 is 0 Å². The molecule has 1 aromatic heterocycles. The summed E-state index contributed by atoms with van der Waals surface area (Å²) in [6, 6.07) is 0. The van der Waals surface area contributed by atoms with Gasteiger partial charge in [-0.2, -0.15) is 24.9 Å². The van der Waals surface area contributed by atoms with Crippen LogP contribution in [0.3, 0.4) is 0 Å². The number of rotatable bonds is 5. The highest BCUT2D eigenvalue weighted by Crippen LogP contribution is 2.33. The first kappa shape index (κ1) is 14.5. The number of aromatic nitrogens is 2. The standard InChI is InChI=1S/C8H12F3N3OS2/c1-7(15,4-16-2)3-12-6-14-13-5(17-6)8(9,10)11/h15H,3-4H2,1-2H3,(H,12,14). The Bertz CT molecular complexity index is 367. The van der Waals surface area contributed by atoms with E-state index in [9.17, 15) is 18.3 Å². The highest BCUT2D eigenvalue weighted by Gasteiger charge is 2.35. The van der Waals surface area contributed by atoms with Crippen LogP contribution in [0, 0.1) is 0 Å². The zero-order valence-electron chi connectivity index (χ0n) is 9.21. The molecule has 9 heteroatoms. The minimum atomic E-state index is -4.47. The van der Waals surface area contributed by atoms with Crippen LogP contribution in [0.4, 0.5) is 18.3 Å². The van der Waals surface area contributed by atoms with Crippen LogP contribution in [0.15, 0.2) is 0 Å². The van der Waals surface area contributed by atoms with Gasteiger partial charge in [0, 0.05) is 12.3 Å². The predicted octanol–water partition coefficient (Wildman–Crippen LogP) is 2.08. The number of halogens is 3. The van der Waals surface area contributed by atoms with Gasteiger partial charge in [-0.3, -0.25) is 0 Å². The fraction of sp³-hybridized carbons (Fsp3) is 0.750. The molecule has 98 valence electrons. The lowest BCUT2D eigenvalue weighted by atomic mass is 10.1. The zero-order chi connectivity index (χ0) is 13.1. The third-order valence-corrected chi connectivity index (χ3v) is 3.58. The third kappa shape index (κ3) is 4.68. The molecule has 1 heterocycles. The Morgan fingerprint density at radius 1 is 1.41 bits per heavy atom. The Hall–Kier alpha value is -0.540. The number of alkyl halides is 3. The number of thioether (sulfide) groups is 1. The SMILES string of the molecule is CSCC(C)(O)CNc1nnc(C(F)(F)F)s1. The second kappa shape index (κ2) is 5.40. The number of hydrogen-bond acceptors (Lipinski definition) is 6. The van der Waals surface area contributed by atoms with Crippen LogP contribution in [-0.2, 0) is 6.18 Å². The first-order chi connectivity index (χ1) is 7.74. The van der Waals surface area contributed by atoms with Gasteiger partial charge in [0.1, 0.15) is 0 Å². The summed E-state index contributed by atoms with van der Waals surface area (Å²) in [5, 5.41) is 17.9. The average Bonchev–Trinajstić information content (AvgIpc) is 2.62. The van der Waals surface area contributed by atoms with E-state index in [1.165, 1.54) is 11.8 Å². The van der Waals surface area contributed by atoms with Crippen LogP contribution in [0.25, 0.3) is 0 Å². The Morgan fingerprint density at radius 2 is 2.06 bits per heavy atom. The quantitative estimate of drug-likeness (QED) is 0.868. The molecule has 0 spiro atoms. The molecule has 0 aliphatic rings. The van der Waals surface area contributed by atoms with Crippen LogP contribution in [-0.4, -0.2) is 39.5 Å². The summed E-state index contributed by atoms with van der Waals surface area (Å²) in [6.07, 6.45) is -2.64. The lowest BCUT2D eigenvalue weighted by Crippen LogP contribution is -2.36. The maximum Gasteiger partial charge on any atom is 0.445 e. The van der Waals surface area contributed by atoms with E-state index in [2.05, 4.69) is 15.5 Å². The van der Waals surface area contributed by atoms with Gasteiger partial charge in [0.2, 0.25) is 10.1 Å². The Labute approximate surface area is 105 Å². The largest absolute Gasteiger partial charge is 0.445 e. The van der Waals surface area contributed by atoms with E-state index in [4.69, 9.17) is 0 Å². The molecule has 0 saturated heterocycles. The molecule has 0 fully saturated rings. The van der Waals surface area contributed by atoms with Crippen molar-refractivity contribution in [1.29, 1.82) is 0 Å². The Balaban J connectivity index is 2.56. The Morgan fingerprint density at radius 3 is 2.53 bits per heavy atom. The van der Waals surface area contributed by atoms with Crippen molar-refractivity contribution in [3.05, 3.63) is 5.01 Å². The highest BCUT2D eigenvalue weighted by atomic mass is 32.2. The number of hydrogen-bond donors (Lipinski definition) is 2. The van der Waals surface area contributed by atoms with E-state index < -0.39 is 16.8 Å². The number of anilines is 1. The van der Waals surface area contributed by atoms with E-state index in [1.807, 2.05) is 6.26 Å². The minimum absolute atomic E-state index is 0.0544. The van der Waals surface area contributed by atoms with Crippen molar-refractivity contribution in [2.75, 3.05) is 23.9 Å². The van der Waals surface area contributed by atoms with Crippen LogP contribution < -0.4 is 5.32 Å². The summed E-state index contributed by atoms with van der Waals surface area (Å²) in [5.41, 5.74) is -0.997. The van der Waals surface area contributed by atoms with E-state index in [0.29, 0.717) is 17.1 Å². The summed E-state index contributed by atoms with van der Waals surface area (Å²) in [5.74, 6) is 0.477. The summed E-state index contributed by atoms with van der Waals surface area (Å²) in [4.78, 5) is 0. The van der Waals surface area contributed by atoms with Gasteiger partial charge in [0.05, 0.1) is 5.60 Å². The smallest absolute Gasteiger partial charge is 0.387 e. The van der Waals surface area contributed by atoms with Crippen LogP contribution in [0.5, 0.6) is 0 Å². The second-order valence-corrected chi connectivity index (χ2v) is 5.54. The Kier molecular flexibility index (Phi) is 4.62. The third-order valence-electron chi connectivity index (χ3n) is 1.74. The van der Waals surface area contributed by atoms with E-state index in [1.54, 1.807) is 6.92 Å². The molecule has 0 bridgehead atoms. The van der Waals surface area contributed by atoms with Crippen LogP contribution in [0.2, 0.25) is 0 Å². The molecular weight excluding hydrogens is 275 g/mol. The molecule has 4 nitrogen and oxygen atoms in total. The average molecular weight is 287 g/mol. The summed E-state index contributed by atoms with van der Waals surface area (Å²) in [6.45, 7) is 1.72. The fourth-order valence-corrected chi connectivity index (χ4v) is 2.37. The molecule has 0 radical (unpaired) electrons. The van der Waals surface area contributed by atoms with Gasteiger partial charge in [0.15, 0.2) is 0 Å². The molecule has 1 rings (SSSR count). The molecule has 0 aliphatic carbocycles. The van der Waals surface area contributed by atoms with Crippen molar-refractivity contribution in [3.8, 4) is 0 Å². The van der Waals surface area contributed by atoms with Crippen LogP contribution in [0.1, 0.15) is 11.9 Å². The maximum absolute atomic E-state index is 12.2. The van der Waals surface area contributed by atoms with E-state index in [-0.39, 0.29) is 11.7 Å².